The van der Waals surface area contributed by atoms with Crippen LogP contribution in [-0.2, 0) is 13.1 Å². The SMILES string of the molecule is CCNC(=NCc1ccc(Cn2cnc3ccccc32)cc1)NCCCCSC.I. The fraction of sp³-hybridized carbons (Fsp3) is 0.391. The molecule has 3 rings (SSSR count). The Hall–Kier alpha value is -1.74. The van der Waals surface area contributed by atoms with Gasteiger partial charge < -0.3 is 15.2 Å². The standard InChI is InChI=1S/C23H31N5S.HI/c1-3-24-23(25-14-6-7-15-29-2)26-16-19-10-12-20(13-11-19)17-28-18-27-21-8-4-5-9-22(21)28;/h4-5,8-13,18H,3,6-7,14-17H2,1-2H3,(H2,24,25,26);1H. The van der Waals surface area contributed by atoms with Crippen LogP contribution in [0.3, 0.4) is 0 Å². The number of imidazole rings is 1. The van der Waals surface area contributed by atoms with Crippen molar-refractivity contribution >= 4 is 52.7 Å². The molecule has 0 amide bonds. The van der Waals surface area contributed by atoms with E-state index in [0.29, 0.717) is 6.54 Å². The van der Waals surface area contributed by atoms with Gasteiger partial charge in [0, 0.05) is 19.6 Å². The van der Waals surface area contributed by atoms with E-state index in [-0.39, 0.29) is 24.0 Å². The highest BCUT2D eigenvalue weighted by Crippen LogP contribution is 2.14. The number of guanidine groups is 1. The van der Waals surface area contributed by atoms with E-state index in [9.17, 15) is 0 Å². The molecular formula is C23H32IN5S. The highest BCUT2D eigenvalue weighted by Gasteiger charge is 2.03. The normalized spacial score (nSPS) is 11.3. The molecule has 0 aliphatic heterocycles. The Labute approximate surface area is 201 Å². The van der Waals surface area contributed by atoms with Crippen molar-refractivity contribution in [2.24, 2.45) is 4.99 Å². The molecule has 0 fully saturated rings. The van der Waals surface area contributed by atoms with E-state index < -0.39 is 0 Å². The number of hydrogen-bond donors (Lipinski definition) is 2. The lowest BCUT2D eigenvalue weighted by molar-refractivity contribution is 0.734. The van der Waals surface area contributed by atoms with Crippen LogP contribution in [0.1, 0.15) is 30.9 Å². The van der Waals surface area contributed by atoms with Crippen LogP contribution in [0.4, 0.5) is 0 Å². The first-order chi connectivity index (χ1) is 14.3. The molecule has 0 radical (unpaired) electrons. The first-order valence-corrected chi connectivity index (χ1v) is 11.7. The number of nitrogens with zero attached hydrogens (tertiary/aromatic N) is 3. The molecule has 7 heteroatoms. The fourth-order valence-corrected chi connectivity index (χ4v) is 3.67. The van der Waals surface area contributed by atoms with Crippen LogP contribution in [-0.4, -0.2) is 40.6 Å². The number of rotatable bonds is 10. The quantitative estimate of drug-likeness (QED) is 0.167. The third-order valence-electron chi connectivity index (χ3n) is 4.73. The van der Waals surface area contributed by atoms with Crippen molar-refractivity contribution in [1.82, 2.24) is 20.2 Å². The van der Waals surface area contributed by atoms with Crippen LogP contribution >= 0.6 is 35.7 Å². The number of hydrogen-bond acceptors (Lipinski definition) is 3. The summed E-state index contributed by atoms with van der Waals surface area (Å²) in [7, 11) is 0. The minimum Gasteiger partial charge on any atom is -0.357 e. The third kappa shape index (κ3) is 7.50. The van der Waals surface area contributed by atoms with Gasteiger partial charge in [0.2, 0.25) is 0 Å². The predicted octanol–water partition coefficient (Wildman–Crippen LogP) is 4.90. The van der Waals surface area contributed by atoms with Gasteiger partial charge in [-0.3, -0.25) is 0 Å². The number of thioether (sulfide) groups is 1. The molecule has 0 aliphatic carbocycles. The number of para-hydroxylation sites is 2. The lowest BCUT2D eigenvalue weighted by Crippen LogP contribution is -2.37. The van der Waals surface area contributed by atoms with Gasteiger partial charge >= 0.3 is 0 Å². The maximum absolute atomic E-state index is 4.72. The molecule has 0 bridgehead atoms. The minimum atomic E-state index is 0. The first-order valence-electron chi connectivity index (χ1n) is 10.3. The Kier molecular flexibility index (Phi) is 11.1. The molecule has 30 heavy (non-hydrogen) atoms. The average molecular weight is 538 g/mol. The Morgan fingerprint density at radius 3 is 2.57 bits per heavy atom. The van der Waals surface area contributed by atoms with Gasteiger partial charge in [0.25, 0.3) is 0 Å². The topological polar surface area (TPSA) is 54.2 Å². The second-order valence-corrected chi connectivity index (χ2v) is 7.99. The van der Waals surface area contributed by atoms with E-state index in [4.69, 9.17) is 4.99 Å². The first kappa shape index (κ1) is 24.5. The molecule has 0 atom stereocenters. The Morgan fingerprint density at radius 1 is 1.03 bits per heavy atom. The van der Waals surface area contributed by atoms with Crippen molar-refractivity contribution in [3.63, 3.8) is 0 Å². The van der Waals surface area contributed by atoms with E-state index in [1.165, 1.54) is 35.2 Å². The number of fused-ring (bicyclic) bond motifs is 1. The average Bonchev–Trinajstić information content (AvgIpc) is 3.16. The van der Waals surface area contributed by atoms with Crippen LogP contribution in [0.2, 0.25) is 0 Å². The maximum atomic E-state index is 4.72. The largest absolute Gasteiger partial charge is 0.357 e. The summed E-state index contributed by atoms with van der Waals surface area (Å²) in [5.41, 5.74) is 4.68. The summed E-state index contributed by atoms with van der Waals surface area (Å²) >= 11 is 1.90. The summed E-state index contributed by atoms with van der Waals surface area (Å²) in [4.78, 5) is 9.19. The number of aromatic nitrogens is 2. The van der Waals surface area contributed by atoms with Crippen molar-refractivity contribution in [1.29, 1.82) is 0 Å². The van der Waals surface area contributed by atoms with Crippen molar-refractivity contribution in [2.45, 2.75) is 32.9 Å². The van der Waals surface area contributed by atoms with Crippen molar-refractivity contribution < 1.29 is 0 Å². The molecule has 2 N–H and O–H groups in total. The Morgan fingerprint density at radius 2 is 1.80 bits per heavy atom. The lowest BCUT2D eigenvalue weighted by atomic mass is 10.1. The van der Waals surface area contributed by atoms with Gasteiger partial charge in [-0.1, -0.05) is 36.4 Å². The van der Waals surface area contributed by atoms with E-state index in [1.807, 2.05) is 30.2 Å². The van der Waals surface area contributed by atoms with Gasteiger partial charge in [-0.2, -0.15) is 11.8 Å². The molecule has 1 heterocycles. The van der Waals surface area contributed by atoms with Crippen LogP contribution in [0.5, 0.6) is 0 Å². The van der Waals surface area contributed by atoms with Crippen molar-refractivity contribution in [2.75, 3.05) is 25.1 Å². The summed E-state index contributed by atoms with van der Waals surface area (Å²) in [6, 6.07) is 16.9. The number of benzene rings is 2. The Balaban J connectivity index is 0.00000320. The zero-order valence-corrected chi connectivity index (χ0v) is 21.0. The zero-order chi connectivity index (χ0) is 20.3. The second-order valence-electron chi connectivity index (χ2n) is 7.00. The Bertz CT molecular complexity index is 907. The molecule has 0 spiro atoms. The van der Waals surface area contributed by atoms with E-state index in [1.54, 1.807) is 0 Å². The molecule has 162 valence electrons. The molecular weight excluding hydrogens is 505 g/mol. The number of unbranched alkanes of at least 4 members (excludes halogenated alkanes) is 1. The van der Waals surface area contributed by atoms with Gasteiger partial charge in [-0.25, -0.2) is 9.98 Å². The smallest absolute Gasteiger partial charge is 0.191 e. The van der Waals surface area contributed by atoms with Gasteiger partial charge in [0.15, 0.2) is 5.96 Å². The lowest BCUT2D eigenvalue weighted by Gasteiger charge is -2.11. The van der Waals surface area contributed by atoms with Crippen LogP contribution in [0.15, 0.2) is 59.9 Å². The molecule has 5 nitrogen and oxygen atoms in total. The van der Waals surface area contributed by atoms with Crippen LogP contribution in [0.25, 0.3) is 11.0 Å². The highest BCUT2D eigenvalue weighted by atomic mass is 127. The van der Waals surface area contributed by atoms with Gasteiger partial charge in [-0.05, 0) is 55.0 Å². The summed E-state index contributed by atoms with van der Waals surface area (Å²) in [6.45, 7) is 5.43. The van der Waals surface area contributed by atoms with Gasteiger partial charge in [-0.15, -0.1) is 24.0 Å². The molecule has 0 saturated heterocycles. The van der Waals surface area contributed by atoms with Crippen molar-refractivity contribution in [3.8, 4) is 0 Å². The summed E-state index contributed by atoms with van der Waals surface area (Å²) in [6.07, 6.45) is 6.47. The van der Waals surface area contributed by atoms with Gasteiger partial charge in [0.05, 0.1) is 23.9 Å². The number of halogens is 1. The van der Waals surface area contributed by atoms with Crippen LogP contribution < -0.4 is 10.6 Å². The number of nitrogens with one attached hydrogen (secondary N) is 2. The molecule has 3 aromatic rings. The minimum absolute atomic E-state index is 0. The molecule has 1 aromatic heterocycles. The zero-order valence-electron chi connectivity index (χ0n) is 17.8. The molecule has 0 aliphatic rings. The molecule has 0 saturated carbocycles. The summed E-state index contributed by atoms with van der Waals surface area (Å²) in [5.74, 6) is 2.11. The third-order valence-corrected chi connectivity index (χ3v) is 5.43. The summed E-state index contributed by atoms with van der Waals surface area (Å²) in [5, 5.41) is 6.75. The van der Waals surface area contributed by atoms with Crippen LogP contribution in [0, 0.1) is 0 Å². The van der Waals surface area contributed by atoms with Gasteiger partial charge in [0.1, 0.15) is 0 Å². The highest BCUT2D eigenvalue weighted by molar-refractivity contribution is 14.0. The van der Waals surface area contributed by atoms with E-state index in [2.05, 4.69) is 69.8 Å². The van der Waals surface area contributed by atoms with Crippen molar-refractivity contribution in [3.05, 3.63) is 66.0 Å². The molecule has 2 aromatic carbocycles. The molecule has 0 unspecified atom stereocenters. The monoisotopic (exact) mass is 537 g/mol. The maximum Gasteiger partial charge on any atom is 0.191 e. The summed E-state index contributed by atoms with van der Waals surface area (Å²) < 4.78 is 2.19. The number of aliphatic imine (C=N–C) groups is 1. The van der Waals surface area contributed by atoms with E-state index in [0.717, 1.165) is 31.1 Å². The van der Waals surface area contributed by atoms with E-state index >= 15 is 0 Å². The second kappa shape index (κ2) is 13.5. The fourth-order valence-electron chi connectivity index (χ4n) is 3.17. The predicted molar refractivity (Wildman–Crippen MR) is 141 cm³/mol.